The van der Waals surface area contributed by atoms with Crippen molar-refractivity contribution in [3.05, 3.63) is 65.2 Å². The molecule has 17 heavy (non-hydrogen) atoms. The van der Waals surface area contributed by atoms with Crippen LogP contribution in [0.4, 0.5) is 0 Å². The van der Waals surface area contributed by atoms with Gasteiger partial charge in [0, 0.05) is 10.6 Å². The molecule has 0 bridgehead atoms. The second-order valence-electron chi connectivity index (χ2n) is 3.64. The van der Waals surface area contributed by atoms with Crippen molar-refractivity contribution in [2.45, 2.75) is 0 Å². The SMILES string of the molecule is C=Cc1c(C=O)cccc1-c1ccc(Cl)cc1. The molecule has 0 radical (unpaired) electrons. The third kappa shape index (κ3) is 2.29. The Morgan fingerprint density at radius 3 is 2.35 bits per heavy atom. The Bertz CT molecular complexity index is 556. The molecular formula is C15H11ClO. The molecule has 84 valence electrons. The molecule has 0 amide bonds. The third-order valence-electron chi connectivity index (χ3n) is 2.63. The number of carbonyl (C=O) groups is 1. The van der Waals surface area contributed by atoms with Crippen LogP contribution in [0.25, 0.3) is 17.2 Å². The second kappa shape index (κ2) is 4.98. The van der Waals surface area contributed by atoms with Gasteiger partial charge in [0.15, 0.2) is 6.29 Å². The number of aldehydes is 1. The van der Waals surface area contributed by atoms with Gasteiger partial charge in [-0.05, 0) is 28.8 Å². The Kier molecular flexibility index (Phi) is 3.40. The molecule has 0 aromatic heterocycles. The van der Waals surface area contributed by atoms with Crippen LogP contribution in [0.15, 0.2) is 49.0 Å². The van der Waals surface area contributed by atoms with Crippen molar-refractivity contribution >= 4 is 24.0 Å². The Morgan fingerprint density at radius 1 is 1.06 bits per heavy atom. The quantitative estimate of drug-likeness (QED) is 0.726. The molecule has 1 nitrogen and oxygen atoms in total. The Hall–Kier alpha value is -1.86. The van der Waals surface area contributed by atoms with Crippen LogP contribution in [0.2, 0.25) is 5.02 Å². The van der Waals surface area contributed by atoms with Gasteiger partial charge in [0.25, 0.3) is 0 Å². The molecule has 0 saturated heterocycles. The van der Waals surface area contributed by atoms with E-state index in [9.17, 15) is 4.79 Å². The van der Waals surface area contributed by atoms with Gasteiger partial charge < -0.3 is 0 Å². The van der Waals surface area contributed by atoms with E-state index in [1.807, 2.05) is 36.4 Å². The highest BCUT2D eigenvalue weighted by molar-refractivity contribution is 6.30. The lowest BCUT2D eigenvalue weighted by molar-refractivity contribution is 0.112. The second-order valence-corrected chi connectivity index (χ2v) is 4.07. The molecule has 0 saturated carbocycles. The molecule has 2 aromatic rings. The van der Waals surface area contributed by atoms with Gasteiger partial charge in [-0.15, -0.1) is 0 Å². The minimum Gasteiger partial charge on any atom is -0.298 e. The molecule has 2 rings (SSSR count). The summed E-state index contributed by atoms with van der Waals surface area (Å²) in [5.74, 6) is 0. The molecular weight excluding hydrogens is 232 g/mol. The summed E-state index contributed by atoms with van der Waals surface area (Å²) in [6.45, 7) is 3.76. The van der Waals surface area contributed by atoms with Gasteiger partial charge in [-0.25, -0.2) is 0 Å². The lowest BCUT2D eigenvalue weighted by Gasteiger charge is -2.08. The Morgan fingerprint density at radius 2 is 1.76 bits per heavy atom. The van der Waals surface area contributed by atoms with Crippen molar-refractivity contribution in [1.82, 2.24) is 0 Å². The molecule has 0 heterocycles. The molecule has 2 aromatic carbocycles. The summed E-state index contributed by atoms with van der Waals surface area (Å²) in [6.07, 6.45) is 2.55. The minimum atomic E-state index is 0.646. The zero-order valence-electron chi connectivity index (χ0n) is 9.19. The van der Waals surface area contributed by atoms with E-state index in [1.54, 1.807) is 12.1 Å². The molecule has 0 spiro atoms. The third-order valence-corrected chi connectivity index (χ3v) is 2.88. The van der Waals surface area contributed by atoms with E-state index in [0.29, 0.717) is 10.6 Å². The molecule has 2 heteroatoms. The molecule has 0 aliphatic carbocycles. The van der Waals surface area contributed by atoms with Gasteiger partial charge in [0.05, 0.1) is 0 Å². The first-order valence-corrected chi connectivity index (χ1v) is 5.60. The average Bonchev–Trinajstić information content (AvgIpc) is 2.38. The van der Waals surface area contributed by atoms with Gasteiger partial charge in [-0.2, -0.15) is 0 Å². The number of hydrogen-bond donors (Lipinski definition) is 0. The maximum Gasteiger partial charge on any atom is 0.150 e. The van der Waals surface area contributed by atoms with E-state index < -0.39 is 0 Å². The van der Waals surface area contributed by atoms with Crippen molar-refractivity contribution in [3.63, 3.8) is 0 Å². The number of carbonyl (C=O) groups excluding carboxylic acids is 1. The first-order valence-electron chi connectivity index (χ1n) is 5.23. The number of hydrogen-bond acceptors (Lipinski definition) is 1. The molecule has 0 unspecified atom stereocenters. The van der Waals surface area contributed by atoms with Crippen molar-refractivity contribution in [3.8, 4) is 11.1 Å². The van der Waals surface area contributed by atoms with Gasteiger partial charge in [-0.1, -0.05) is 54.6 Å². The summed E-state index contributed by atoms with van der Waals surface area (Å²) >= 11 is 5.86. The maximum absolute atomic E-state index is 11.0. The largest absolute Gasteiger partial charge is 0.298 e. The molecule has 0 atom stereocenters. The van der Waals surface area contributed by atoms with E-state index in [1.165, 1.54) is 0 Å². The van der Waals surface area contributed by atoms with Crippen molar-refractivity contribution in [1.29, 1.82) is 0 Å². The summed E-state index contributed by atoms with van der Waals surface area (Å²) < 4.78 is 0. The standard InChI is InChI=1S/C15H11ClO/c1-2-14-12(10-17)4-3-5-15(14)11-6-8-13(16)9-7-11/h2-10H,1H2. The highest BCUT2D eigenvalue weighted by Gasteiger charge is 2.06. The average molecular weight is 243 g/mol. The van der Waals surface area contributed by atoms with Gasteiger partial charge >= 0.3 is 0 Å². The van der Waals surface area contributed by atoms with Crippen LogP contribution >= 0.6 is 11.6 Å². The zero-order valence-corrected chi connectivity index (χ0v) is 9.95. The van der Waals surface area contributed by atoms with E-state index in [0.717, 1.165) is 23.0 Å². The van der Waals surface area contributed by atoms with E-state index in [-0.39, 0.29) is 0 Å². The predicted molar refractivity (Wildman–Crippen MR) is 72.4 cm³/mol. The highest BCUT2D eigenvalue weighted by atomic mass is 35.5. The molecule has 0 fully saturated rings. The molecule has 0 aliphatic heterocycles. The lowest BCUT2D eigenvalue weighted by Crippen LogP contribution is -1.90. The van der Waals surface area contributed by atoms with Crippen molar-refractivity contribution in [2.75, 3.05) is 0 Å². The summed E-state index contributed by atoms with van der Waals surface area (Å²) in [6, 6.07) is 13.1. The van der Waals surface area contributed by atoms with Crippen LogP contribution in [0.3, 0.4) is 0 Å². The van der Waals surface area contributed by atoms with Crippen LogP contribution in [0.5, 0.6) is 0 Å². The van der Waals surface area contributed by atoms with Gasteiger partial charge in [0.1, 0.15) is 0 Å². The summed E-state index contributed by atoms with van der Waals surface area (Å²) in [5, 5.41) is 0.695. The fourth-order valence-corrected chi connectivity index (χ4v) is 1.92. The van der Waals surface area contributed by atoms with Crippen LogP contribution < -0.4 is 0 Å². The lowest BCUT2D eigenvalue weighted by atomic mass is 9.96. The summed E-state index contributed by atoms with van der Waals surface area (Å²) in [4.78, 5) is 11.0. The topological polar surface area (TPSA) is 17.1 Å². The zero-order chi connectivity index (χ0) is 12.3. The van der Waals surface area contributed by atoms with Crippen molar-refractivity contribution in [2.24, 2.45) is 0 Å². The van der Waals surface area contributed by atoms with E-state index in [4.69, 9.17) is 11.6 Å². The normalized spacial score (nSPS) is 9.94. The van der Waals surface area contributed by atoms with Gasteiger partial charge in [0.2, 0.25) is 0 Å². The molecule has 0 N–H and O–H groups in total. The molecule has 0 aliphatic rings. The van der Waals surface area contributed by atoms with Crippen LogP contribution in [0.1, 0.15) is 15.9 Å². The summed E-state index contributed by atoms with van der Waals surface area (Å²) in [5.41, 5.74) is 3.51. The first kappa shape index (κ1) is 11.6. The number of halogens is 1. The van der Waals surface area contributed by atoms with Gasteiger partial charge in [-0.3, -0.25) is 4.79 Å². The van der Waals surface area contributed by atoms with Crippen LogP contribution in [-0.2, 0) is 0 Å². The fourth-order valence-electron chi connectivity index (χ4n) is 1.79. The van der Waals surface area contributed by atoms with Crippen molar-refractivity contribution < 1.29 is 4.79 Å². The number of benzene rings is 2. The fraction of sp³-hybridized carbons (Fsp3) is 0. The smallest absolute Gasteiger partial charge is 0.150 e. The van der Waals surface area contributed by atoms with Crippen LogP contribution in [0, 0.1) is 0 Å². The number of rotatable bonds is 3. The maximum atomic E-state index is 11.0. The predicted octanol–water partition coefficient (Wildman–Crippen LogP) is 4.46. The van der Waals surface area contributed by atoms with Crippen LogP contribution in [-0.4, -0.2) is 6.29 Å². The highest BCUT2D eigenvalue weighted by Crippen LogP contribution is 2.27. The van der Waals surface area contributed by atoms with E-state index in [2.05, 4.69) is 6.58 Å². The summed E-state index contributed by atoms with van der Waals surface area (Å²) in [7, 11) is 0. The minimum absolute atomic E-state index is 0.646. The Balaban J connectivity index is 2.62. The first-order chi connectivity index (χ1) is 8.26. The van der Waals surface area contributed by atoms with E-state index >= 15 is 0 Å². The Labute approximate surface area is 105 Å². The monoisotopic (exact) mass is 242 g/mol.